The zero-order valence-electron chi connectivity index (χ0n) is 9.49. The number of nitrogens with two attached hydrogens (primary N) is 2. The highest BCUT2D eigenvalue weighted by molar-refractivity contribution is 5.99. The molecule has 2 rings (SSSR count). The van der Waals surface area contributed by atoms with E-state index >= 15 is 0 Å². The minimum atomic E-state index is -0.417. The molecular formula is C12H17N3O. The maximum Gasteiger partial charge on any atom is 0.251 e. The van der Waals surface area contributed by atoms with E-state index in [2.05, 4.69) is 11.8 Å². The van der Waals surface area contributed by atoms with Gasteiger partial charge in [0.1, 0.15) is 0 Å². The van der Waals surface area contributed by atoms with E-state index in [1.54, 1.807) is 6.07 Å². The van der Waals surface area contributed by atoms with Crippen LogP contribution in [0.25, 0.3) is 0 Å². The number of hydrogen-bond acceptors (Lipinski definition) is 3. The number of fused-ring (bicyclic) bond motifs is 1. The van der Waals surface area contributed by atoms with Crippen molar-refractivity contribution in [2.45, 2.75) is 19.9 Å². The average molecular weight is 219 g/mol. The monoisotopic (exact) mass is 219 g/mol. The largest absolute Gasteiger partial charge is 0.398 e. The smallest absolute Gasteiger partial charge is 0.251 e. The first-order chi connectivity index (χ1) is 7.63. The Labute approximate surface area is 95.2 Å². The van der Waals surface area contributed by atoms with Gasteiger partial charge < -0.3 is 11.5 Å². The fraction of sp³-hybridized carbons (Fsp3) is 0.417. The summed E-state index contributed by atoms with van der Waals surface area (Å²) in [5.74, 6) is -0.417. The molecule has 0 saturated heterocycles. The summed E-state index contributed by atoms with van der Waals surface area (Å²) in [7, 11) is 0. The van der Waals surface area contributed by atoms with Crippen LogP contribution in [0.5, 0.6) is 0 Å². The second-order valence-corrected chi connectivity index (χ2v) is 4.15. The Bertz CT molecular complexity index is 429. The second kappa shape index (κ2) is 4.14. The first-order valence-corrected chi connectivity index (χ1v) is 5.56. The molecule has 0 atom stereocenters. The summed E-state index contributed by atoms with van der Waals surface area (Å²) >= 11 is 0. The van der Waals surface area contributed by atoms with Crippen molar-refractivity contribution < 1.29 is 4.79 Å². The van der Waals surface area contributed by atoms with Gasteiger partial charge in [0.15, 0.2) is 0 Å². The van der Waals surface area contributed by atoms with Crippen LogP contribution in [0.3, 0.4) is 0 Å². The zero-order valence-corrected chi connectivity index (χ0v) is 9.49. The van der Waals surface area contributed by atoms with Gasteiger partial charge >= 0.3 is 0 Å². The number of likely N-dealkylation sites (N-methyl/N-ethyl adjacent to an activating group) is 1. The van der Waals surface area contributed by atoms with E-state index in [1.807, 2.05) is 6.07 Å². The van der Waals surface area contributed by atoms with Crippen LogP contribution in [0, 0.1) is 0 Å². The number of nitrogen functional groups attached to an aromatic ring is 1. The summed E-state index contributed by atoms with van der Waals surface area (Å²) in [6, 6.07) is 3.77. The van der Waals surface area contributed by atoms with Crippen LogP contribution in [0.1, 0.15) is 28.4 Å². The fourth-order valence-electron chi connectivity index (χ4n) is 2.29. The van der Waals surface area contributed by atoms with E-state index < -0.39 is 5.91 Å². The third-order valence-electron chi connectivity index (χ3n) is 3.21. The Kier molecular flexibility index (Phi) is 2.83. The van der Waals surface area contributed by atoms with Crippen molar-refractivity contribution in [2.24, 2.45) is 5.73 Å². The average Bonchev–Trinajstić information content (AvgIpc) is 2.27. The quantitative estimate of drug-likeness (QED) is 0.721. The Hall–Kier alpha value is -1.55. The lowest BCUT2D eigenvalue weighted by Gasteiger charge is -2.29. The van der Waals surface area contributed by atoms with Crippen LogP contribution in [-0.4, -0.2) is 23.9 Å². The summed E-state index contributed by atoms with van der Waals surface area (Å²) in [4.78, 5) is 13.7. The lowest BCUT2D eigenvalue weighted by Crippen LogP contribution is -2.32. The topological polar surface area (TPSA) is 72.3 Å². The van der Waals surface area contributed by atoms with Crippen LogP contribution in [-0.2, 0) is 13.0 Å². The number of anilines is 1. The van der Waals surface area contributed by atoms with E-state index in [-0.39, 0.29) is 0 Å². The lowest BCUT2D eigenvalue weighted by molar-refractivity contribution is 0.0999. The molecule has 0 fully saturated rings. The molecule has 1 aliphatic rings. The van der Waals surface area contributed by atoms with Crippen molar-refractivity contribution in [3.63, 3.8) is 0 Å². The minimum Gasteiger partial charge on any atom is -0.398 e. The van der Waals surface area contributed by atoms with Gasteiger partial charge in [-0.25, -0.2) is 0 Å². The summed E-state index contributed by atoms with van der Waals surface area (Å²) < 4.78 is 0. The molecule has 4 N–H and O–H groups in total. The highest BCUT2D eigenvalue weighted by Crippen LogP contribution is 2.26. The van der Waals surface area contributed by atoms with Gasteiger partial charge in [0.05, 0.1) is 5.56 Å². The molecule has 4 heteroatoms. The lowest BCUT2D eigenvalue weighted by atomic mass is 9.93. The number of rotatable bonds is 2. The molecule has 4 nitrogen and oxygen atoms in total. The molecular weight excluding hydrogens is 202 g/mol. The molecule has 1 aromatic rings. The molecule has 0 bridgehead atoms. The van der Waals surface area contributed by atoms with E-state index in [9.17, 15) is 4.79 Å². The van der Waals surface area contributed by atoms with E-state index in [0.29, 0.717) is 11.3 Å². The molecule has 0 spiro atoms. The van der Waals surface area contributed by atoms with Gasteiger partial charge in [-0.05, 0) is 30.2 Å². The fourth-order valence-corrected chi connectivity index (χ4v) is 2.29. The van der Waals surface area contributed by atoms with Gasteiger partial charge in [-0.15, -0.1) is 0 Å². The van der Waals surface area contributed by atoms with Crippen LogP contribution in [0.2, 0.25) is 0 Å². The van der Waals surface area contributed by atoms with Gasteiger partial charge in [0, 0.05) is 18.8 Å². The summed E-state index contributed by atoms with van der Waals surface area (Å²) in [5, 5.41) is 0. The molecule has 1 amide bonds. The van der Waals surface area contributed by atoms with E-state index in [0.717, 1.165) is 31.6 Å². The number of carbonyl (C=O) groups excluding carboxylic acids is 1. The third kappa shape index (κ3) is 1.76. The number of nitrogens with zero attached hydrogens (tertiary/aromatic N) is 1. The Morgan fingerprint density at radius 3 is 2.88 bits per heavy atom. The van der Waals surface area contributed by atoms with Crippen LogP contribution in [0.4, 0.5) is 5.69 Å². The maximum absolute atomic E-state index is 11.4. The Morgan fingerprint density at radius 2 is 2.25 bits per heavy atom. The first kappa shape index (κ1) is 11.0. The molecule has 1 aliphatic heterocycles. The molecule has 16 heavy (non-hydrogen) atoms. The summed E-state index contributed by atoms with van der Waals surface area (Å²) in [5.41, 5.74) is 14.4. The number of benzene rings is 1. The van der Waals surface area contributed by atoms with Gasteiger partial charge in [0.25, 0.3) is 5.91 Å². The summed E-state index contributed by atoms with van der Waals surface area (Å²) in [6.07, 6.45) is 0.854. The van der Waals surface area contributed by atoms with Crippen molar-refractivity contribution in [1.82, 2.24) is 4.90 Å². The van der Waals surface area contributed by atoms with Crippen LogP contribution < -0.4 is 11.5 Å². The first-order valence-electron chi connectivity index (χ1n) is 5.56. The molecule has 1 heterocycles. The molecule has 0 saturated carbocycles. The van der Waals surface area contributed by atoms with Gasteiger partial charge in [0.2, 0.25) is 0 Å². The van der Waals surface area contributed by atoms with Crippen molar-refractivity contribution in [3.05, 3.63) is 28.8 Å². The molecule has 0 radical (unpaired) electrons. The second-order valence-electron chi connectivity index (χ2n) is 4.15. The highest BCUT2D eigenvalue weighted by Gasteiger charge is 2.21. The predicted molar refractivity (Wildman–Crippen MR) is 64.0 cm³/mol. The van der Waals surface area contributed by atoms with Gasteiger partial charge in [-0.3, -0.25) is 9.69 Å². The number of primary amides is 1. The Morgan fingerprint density at radius 1 is 1.50 bits per heavy atom. The van der Waals surface area contributed by atoms with E-state index in [4.69, 9.17) is 11.5 Å². The standard InChI is InChI=1S/C12H17N3O/c1-2-15-6-5-9-8(7-15)3-4-10(13)11(9)12(14)16/h3-4H,2,5-7,13H2,1H3,(H2,14,16). The normalized spacial score (nSPS) is 15.8. The van der Waals surface area contributed by atoms with Crippen molar-refractivity contribution in [2.75, 3.05) is 18.8 Å². The van der Waals surface area contributed by atoms with Crippen LogP contribution in [0.15, 0.2) is 12.1 Å². The molecule has 0 unspecified atom stereocenters. The SMILES string of the molecule is CCN1CCc2c(ccc(N)c2C(N)=O)C1. The van der Waals surface area contributed by atoms with Crippen molar-refractivity contribution in [3.8, 4) is 0 Å². The molecule has 0 aliphatic carbocycles. The van der Waals surface area contributed by atoms with Gasteiger partial charge in [-0.2, -0.15) is 0 Å². The van der Waals surface area contributed by atoms with Gasteiger partial charge in [-0.1, -0.05) is 13.0 Å². The molecule has 1 aromatic carbocycles. The van der Waals surface area contributed by atoms with Crippen molar-refractivity contribution >= 4 is 11.6 Å². The van der Waals surface area contributed by atoms with E-state index in [1.165, 1.54) is 5.56 Å². The molecule has 0 aromatic heterocycles. The van der Waals surface area contributed by atoms with Crippen molar-refractivity contribution in [1.29, 1.82) is 0 Å². The number of carbonyl (C=O) groups is 1. The Balaban J connectivity index is 2.46. The number of hydrogen-bond donors (Lipinski definition) is 2. The van der Waals surface area contributed by atoms with Crippen LogP contribution >= 0.6 is 0 Å². The highest BCUT2D eigenvalue weighted by atomic mass is 16.1. The number of amides is 1. The minimum absolute atomic E-state index is 0.417. The maximum atomic E-state index is 11.4. The zero-order chi connectivity index (χ0) is 11.7. The third-order valence-corrected chi connectivity index (χ3v) is 3.21. The molecule has 86 valence electrons. The predicted octanol–water partition coefficient (Wildman–Crippen LogP) is 0.746. The summed E-state index contributed by atoms with van der Waals surface area (Å²) in [6.45, 7) is 5.01.